The molecule has 2 heterocycles. The van der Waals surface area contributed by atoms with Crippen molar-refractivity contribution in [2.75, 3.05) is 37.9 Å². The lowest BCUT2D eigenvalue weighted by Crippen LogP contribution is -2.63. The molecule has 2 saturated heterocycles. The zero-order valence-electron chi connectivity index (χ0n) is 14.5. The Balaban J connectivity index is 1.65. The minimum Gasteiger partial charge on any atom is -0.373 e. The lowest BCUT2D eigenvalue weighted by molar-refractivity contribution is -0.130. The molecular weight excluding hydrogens is 310 g/mol. The Morgan fingerprint density at radius 3 is 2.78 bits per heavy atom. The molecule has 1 saturated carbocycles. The average Bonchev–Trinajstić information content (AvgIpc) is 3.07. The third-order valence-electron chi connectivity index (χ3n) is 5.51. The van der Waals surface area contributed by atoms with E-state index in [2.05, 4.69) is 29.4 Å². The molecule has 1 atom stereocenters. The summed E-state index contributed by atoms with van der Waals surface area (Å²) >= 11 is 1.80. The van der Waals surface area contributed by atoms with Crippen LogP contribution in [0, 0.1) is 0 Å². The number of morpholine rings is 1. The molecule has 0 aromatic rings. The highest BCUT2D eigenvalue weighted by atomic mass is 32.2. The molecule has 6 heteroatoms. The summed E-state index contributed by atoms with van der Waals surface area (Å²) in [5, 5.41) is 6.53. The van der Waals surface area contributed by atoms with Crippen molar-refractivity contribution < 1.29 is 9.53 Å². The second-order valence-electron chi connectivity index (χ2n) is 7.80. The first-order chi connectivity index (χ1) is 11.0. The molecule has 0 spiro atoms. The van der Waals surface area contributed by atoms with E-state index in [-0.39, 0.29) is 23.1 Å². The SMILES string of the molecule is CC1(C)CN(C2(CNC(=O)C3CSCN3)CCCCC2)CCO1. The highest BCUT2D eigenvalue weighted by Crippen LogP contribution is 2.36. The fourth-order valence-electron chi connectivity index (χ4n) is 4.17. The monoisotopic (exact) mass is 341 g/mol. The van der Waals surface area contributed by atoms with E-state index in [0.29, 0.717) is 0 Å². The Morgan fingerprint density at radius 1 is 1.35 bits per heavy atom. The Kier molecular flexibility index (Phi) is 5.56. The van der Waals surface area contributed by atoms with Gasteiger partial charge in [-0.2, -0.15) is 0 Å². The number of thioether (sulfide) groups is 1. The molecule has 3 aliphatic rings. The fraction of sp³-hybridized carbons (Fsp3) is 0.941. The Labute approximate surface area is 144 Å². The highest BCUT2D eigenvalue weighted by molar-refractivity contribution is 7.99. The molecule has 0 aromatic carbocycles. The van der Waals surface area contributed by atoms with Gasteiger partial charge in [0.05, 0.1) is 18.2 Å². The summed E-state index contributed by atoms with van der Waals surface area (Å²) < 4.78 is 5.90. The van der Waals surface area contributed by atoms with Gasteiger partial charge in [-0.15, -0.1) is 11.8 Å². The van der Waals surface area contributed by atoms with E-state index < -0.39 is 0 Å². The minimum absolute atomic E-state index is 0.0122. The van der Waals surface area contributed by atoms with E-state index in [4.69, 9.17) is 4.74 Å². The van der Waals surface area contributed by atoms with Crippen molar-refractivity contribution in [3.05, 3.63) is 0 Å². The molecule has 1 aliphatic carbocycles. The number of rotatable bonds is 4. The van der Waals surface area contributed by atoms with Crippen LogP contribution in [0.1, 0.15) is 46.0 Å². The van der Waals surface area contributed by atoms with E-state index in [9.17, 15) is 4.79 Å². The number of hydrogen-bond acceptors (Lipinski definition) is 5. The van der Waals surface area contributed by atoms with E-state index in [0.717, 1.165) is 37.9 Å². The first-order valence-electron chi connectivity index (χ1n) is 8.99. The van der Waals surface area contributed by atoms with Gasteiger partial charge in [0.25, 0.3) is 0 Å². The maximum absolute atomic E-state index is 12.4. The molecule has 3 fully saturated rings. The van der Waals surface area contributed by atoms with Crippen molar-refractivity contribution in [3.63, 3.8) is 0 Å². The van der Waals surface area contributed by atoms with Gasteiger partial charge in [-0.3, -0.25) is 15.0 Å². The van der Waals surface area contributed by atoms with Gasteiger partial charge >= 0.3 is 0 Å². The van der Waals surface area contributed by atoms with Crippen LogP contribution in [0.3, 0.4) is 0 Å². The Hall–Kier alpha value is -0.300. The highest BCUT2D eigenvalue weighted by Gasteiger charge is 2.42. The summed E-state index contributed by atoms with van der Waals surface area (Å²) in [6.07, 6.45) is 6.24. The average molecular weight is 342 g/mol. The predicted octanol–water partition coefficient (Wildman–Crippen LogP) is 1.58. The first-order valence-corrected chi connectivity index (χ1v) is 10.1. The van der Waals surface area contributed by atoms with Crippen molar-refractivity contribution in [2.45, 2.75) is 63.1 Å². The van der Waals surface area contributed by atoms with Crippen LogP contribution >= 0.6 is 11.8 Å². The molecule has 2 aliphatic heterocycles. The standard InChI is InChI=1S/C17H31N3O2S/c1-16(2)12-20(8-9-22-16)17(6-4-3-5-7-17)11-18-15(21)14-10-23-13-19-14/h14,19H,3-13H2,1-2H3,(H,18,21). The maximum Gasteiger partial charge on any atom is 0.238 e. The number of carbonyl (C=O) groups excluding carboxylic acids is 1. The quantitative estimate of drug-likeness (QED) is 0.813. The first kappa shape index (κ1) is 17.5. The van der Waals surface area contributed by atoms with Crippen molar-refractivity contribution in [3.8, 4) is 0 Å². The Morgan fingerprint density at radius 2 is 2.13 bits per heavy atom. The van der Waals surface area contributed by atoms with Crippen molar-refractivity contribution >= 4 is 17.7 Å². The number of ether oxygens (including phenoxy) is 1. The molecule has 0 aromatic heterocycles. The summed E-state index contributed by atoms with van der Waals surface area (Å²) in [6, 6.07) is -0.0122. The van der Waals surface area contributed by atoms with Crippen molar-refractivity contribution in [2.24, 2.45) is 0 Å². The van der Waals surface area contributed by atoms with Gasteiger partial charge in [0.2, 0.25) is 5.91 Å². The van der Waals surface area contributed by atoms with Gasteiger partial charge in [0, 0.05) is 36.8 Å². The predicted molar refractivity (Wildman–Crippen MR) is 94.7 cm³/mol. The van der Waals surface area contributed by atoms with Crippen molar-refractivity contribution in [1.29, 1.82) is 0 Å². The molecule has 3 rings (SSSR count). The molecule has 23 heavy (non-hydrogen) atoms. The molecular formula is C17H31N3O2S. The normalized spacial score (nSPS) is 31.0. The molecule has 0 radical (unpaired) electrons. The number of hydrogen-bond donors (Lipinski definition) is 2. The van der Waals surface area contributed by atoms with Gasteiger partial charge < -0.3 is 10.1 Å². The third-order valence-corrected chi connectivity index (χ3v) is 6.45. The topological polar surface area (TPSA) is 53.6 Å². The van der Waals surface area contributed by atoms with E-state index in [1.807, 2.05) is 0 Å². The molecule has 5 nitrogen and oxygen atoms in total. The number of carbonyl (C=O) groups is 1. The van der Waals surface area contributed by atoms with Crippen LogP contribution in [-0.2, 0) is 9.53 Å². The largest absolute Gasteiger partial charge is 0.373 e. The van der Waals surface area contributed by atoms with Crippen LogP contribution in [0.15, 0.2) is 0 Å². The number of nitrogens with zero attached hydrogens (tertiary/aromatic N) is 1. The summed E-state index contributed by atoms with van der Waals surface area (Å²) in [5.41, 5.74) is 0.0388. The smallest absolute Gasteiger partial charge is 0.238 e. The van der Waals surface area contributed by atoms with Crippen LogP contribution in [0.5, 0.6) is 0 Å². The van der Waals surface area contributed by atoms with Crippen LogP contribution < -0.4 is 10.6 Å². The molecule has 0 bridgehead atoms. The van der Waals surface area contributed by atoms with Crippen molar-refractivity contribution in [1.82, 2.24) is 15.5 Å². The van der Waals surface area contributed by atoms with E-state index in [1.54, 1.807) is 11.8 Å². The zero-order valence-corrected chi connectivity index (χ0v) is 15.3. The lowest BCUT2D eigenvalue weighted by atomic mass is 9.79. The van der Waals surface area contributed by atoms with Crippen LogP contribution in [0.4, 0.5) is 0 Å². The van der Waals surface area contributed by atoms with Crippen LogP contribution in [0.25, 0.3) is 0 Å². The summed E-state index contributed by atoms with van der Waals surface area (Å²) in [5.74, 6) is 1.96. The summed E-state index contributed by atoms with van der Waals surface area (Å²) in [6.45, 7) is 7.87. The molecule has 132 valence electrons. The second-order valence-corrected chi connectivity index (χ2v) is 8.83. The third kappa shape index (κ3) is 4.21. The molecule has 1 unspecified atom stereocenters. The lowest BCUT2D eigenvalue weighted by Gasteiger charge is -2.51. The molecule has 2 N–H and O–H groups in total. The summed E-state index contributed by atoms with van der Waals surface area (Å²) in [7, 11) is 0. The van der Waals surface area contributed by atoms with Gasteiger partial charge in [-0.05, 0) is 26.7 Å². The van der Waals surface area contributed by atoms with Crippen LogP contribution in [0.2, 0.25) is 0 Å². The number of nitrogens with one attached hydrogen (secondary N) is 2. The van der Waals surface area contributed by atoms with Crippen LogP contribution in [-0.4, -0.2) is 65.9 Å². The minimum atomic E-state index is -0.0870. The zero-order chi connectivity index (χ0) is 16.3. The van der Waals surface area contributed by atoms with E-state index in [1.165, 1.54) is 32.1 Å². The van der Waals surface area contributed by atoms with E-state index >= 15 is 0 Å². The number of amides is 1. The summed E-state index contributed by atoms with van der Waals surface area (Å²) in [4.78, 5) is 15.0. The second kappa shape index (κ2) is 7.30. The van der Waals surface area contributed by atoms with Gasteiger partial charge in [-0.25, -0.2) is 0 Å². The fourth-order valence-corrected chi connectivity index (χ4v) is 5.12. The van der Waals surface area contributed by atoms with Gasteiger partial charge in [0.15, 0.2) is 0 Å². The molecule has 1 amide bonds. The Bertz CT molecular complexity index is 418. The maximum atomic E-state index is 12.4. The van der Waals surface area contributed by atoms with Gasteiger partial charge in [0.1, 0.15) is 0 Å². The van der Waals surface area contributed by atoms with Gasteiger partial charge in [-0.1, -0.05) is 19.3 Å².